The van der Waals surface area contributed by atoms with Crippen LogP contribution in [0.1, 0.15) is 116 Å². The highest BCUT2D eigenvalue weighted by molar-refractivity contribution is 5.83. The molecular weight excluding hydrogens is 520 g/mol. The molecule has 7 nitrogen and oxygen atoms in total. The predicted octanol–water partition coefficient (Wildman–Crippen LogP) is 6.63. The third kappa shape index (κ3) is 4.74. The van der Waals surface area contributed by atoms with Crippen molar-refractivity contribution in [2.45, 2.75) is 130 Å². The number of hydrogen-bond donors (Lipinski definition) is 3. The molecule has 0 saturated heterocycles. The molecule has 41 heavy (non-hydrogen) atoms. The van der Waals surface area contributed by atoms with Crippen LogP contribution in [-0.4, -0.2) is 38.5 Å². The molecule has 4 bridgehead atoms. The Hall–Kier alpha value is -2.28. The van der Waals surface area contributed by atoms with E-state index in [0.29, 0.717) is 54.2 Å². The van der Waals surface area contributed by atoms with E-state index in [1.54, 1.807) is 19.9 Å². The van der Waals surface area contributed by atoms with E-state index in [1.807, 2.05) is 13.8 Å². The molecule has 5 aliphatic carbocycles. The summed E-state index contributed by atoms with van der Waals surface area (Å²) in [5.74, 6) is 0.201. The summed E-state index contributed by atoms with van der Waals surface area (Å²) in [4.78, 5) is 27.8. The van der Waals surface area contributed by atoms with Crippen LogP contribution in [0.4, 0.5) is 0 Å². The third-order valence-electron chi connectivity index (χ3n) is 11.9. The van der Waals surface area contributed by atoms with Crippen LogP contribution in [0.2, 0.25) is 0 Å². The number of carbonyl (C=O) groups excluding carboxylic acids is 2. The van der Waals surface area contributed by atoms with E-state index in [0.717, 1.165) is 38.5 Å². The van der Waals surface area contributed by atoms with Gasteiger partial charge in [0.25, 0.3) is 0 Å². The van der Waals surface area contributed by atoms with Gasteiger partial charge in [0, 0.05) is 17.5 Å². The van der Waals surface area contributed by atoms with E-state index in [9.17, 15) is 24.9 Å². The Morgan fingerprint density at radius 1 is 1.05 bits per heavy atom. The minimum atomic E-state index is -0.831. The molecule has 6 unspecified atom stereocenters. The first kappa shape index (κ1) is 30.2. The lowest BCUT2D eigenvalue weighted by Crippen LogP contribution is -2.60. The van der Waals surface area contributed by atoms with Crippen LogP contribution in [0.25, 0.3) is 0 Å². The first-order valence-corrected chi connectivity index (χ1v) is 15.7. The number of aryl methyl sites for hydroxylation is 1. The minimum absolute atomic E-state index is 0.0370. The zero-order chi connectivity index (χ0) is 30.2. The van der Waals surface area contributed by atoms with Crippen molar-refractivity contribution in [3.05, 3.63) is 22.8 Å². The molecule has 0 aliphatic heterocycles. The van der Waals surface area contributed by atoms with E-state index in [4.69, 9.17) is 9.47 Å². The fraction of sp³-hybridized carbons (Fsp3) is 0.765. The van der Waals surface area contributed by atoms with E-state index < -0.39 is 27.4 Å². The van der Waals surface area contributed by atoms with Gasteiger partial charge in [0.15, 0.2) is 0 Å². The molecule has 7 heteroatoms. The monoisotopic (exact) mass is 570 g/mol. The van der Waals surface area contributed by atoms with Gasteiger partial charge in [-0.05, 0) is 107 Å². The number of ether oxygens (including phenoxy) is 2. The van der Waals surface area contributed by atoms with Crippen LogP contribution in [0, 0.1) is 47.8 Å². The standard InChI is InChI=1S/C34H50O7/c1-8-10-30(5,28(37)40-17-24-11-20(3)26(35)21(4)27(24)36)25(9-2)31(6)18-32(31,7)29(38)41-34-15-22-12-23(16-34)14-33(39,13-22)19-34/h11,22-23,25,35-36,39H,8-10,12-19H2,1-7H3. The number of carbonyl (C=O) groups is 2. The molecule has 6 atom stereocenters. The number of aromatic hydroxyl groups is 2. The topological polar surface area (TPSA) is 113 Å². The Morgan fingerprint density at radius 3 is 2.24 bits per heavy atom. The Balaban J connectivity index is 1.34. The first-order valence-electron chi connectivity index (χ1n) is 15.7. The van der Waals surface area contributed by atoms with Gasteiger partial charge in [-0.15, -0.1) is 0 Å². The van der Waals surface area contributed by atoms with Gasteiger partial charge in [-0.25, -0.2) is 0 Å². The van der Waals surface area contributed by atoms with Gasteiger partial charge in [0.2, 0.25) is 0 Å². The van der Waals surface area contributed by atoms with Crippen molar-refractivity contribution in [3.63, 3.8) is 0 Å². The average molecular weight is 571 g/mol. The second kappa shape index (κ2) is 9.89. The summed E-state index contributed by atoms with van der Waals surface area (Å²) in [5.41, 5.74) is -1.80. The van der Waals surface area contributed by atoms with Crippen LogP contribution in [0.5, 0.6) is 11.5 Å². The molecular formula is C34H50O7. The van der Waals surface area contributed by atoms with Gasteiger partial charge in [-0.1, -0.05) is 33.6 Å². The SMILES string of the molecule is CCCC(C)(C(=O)OCc1cc(C)c(O)c(C)c1O)C(CC)C1(C)CC1(C)C(=O)OC12CC3CC(CC(O)(C3)C1)C2. The molecule has 5 saturated carbocycles. The molecule has 5 fully saturated rings. The summed E-state index contributed by atoms with van der Waals surface area (Å²) in [7, 11) is 0. The fourth-order valence-electron chi connectivity index (χ4n) is 10.1. The van der Waals surface area contributed by atoms with Crippen molar-refractivity contribution >= 4 is 11.9 Å². The number of benzene rings is 1. The van der Waals surface area contributed by atoms with Crippen LogP contribution in [0.3, 0.4) is 0 Å². The van der Waals surface area contributed by atoms with Crippen molar-refractivity contribution in [3.8, 4) is 11.5 Å². The molecule has 0 heterocycles. The Bertz CT molecular complexity index is 1220. The highest BCUT2D eigenvalue weighted by atomic mass is 16.6. The maximum absolute atomic E-state index is 14.0. The summed E-state index contributed by atoms with van der Waals surface area (Å²) < 4.78 is 12.3. The largest absolute Gasteiger partial charge is 0.507 e. The highest BCUT2D eigenvalue weighted by Gasteiger charge is 2.73. The van der Waals surface area contributed by atoms with Crippen LogP contribution >= 0.6 is 0 Å². The maximum Gasteiger partial charge on any atom is 0.312 e. The molecule has 1 aromatic rings. The van der Waals surface area contributed by atoms with Crippen molar-refractivity contribution < 1.29 is 34.4 Å². The number of esters is 2. The Morgan fingerprint density at radius 2 is 1.68 bits per heavy atom. The van der Waals surface area contributed by atoms with Gasteiger partial charge < -0.3 is 24.8 Å². The Kier molecular flexibility index (Phi) is 7.28. The maximum atomic E-state index is 14.0. The molecule has 0 aromatic heterocycles. The molecule has 3 N–H and O–H groups in total. The lowest BCUT2D eigenvalue weighted by atomic mass is 9.52. The normalized spacial score (nSPS) is 37.4. The van der Waals surface area contributed by atoms with Crippen LogP contribution < -0.4 is 0 Å². The quantitative estimate of drug-likeness (QED) is 0.271. The summed E-state index contributed by atoms with van der Waals surface area (Å²) >= 11 is 0. The lowest BCUT2D eigenvalue weighted by Gasteiger charge is -2.59. The summed E-state index contributed by atoms with van der Waals surface area (Å²) in [6.45, 7) is 13.5. The van der Waals surface area contributed by atoms with E-state index >= 15 is 0 Å². The number of phenolic OH excluding ortho intramolecular Hbond substituents is 2. The summed E-state index contributed by atoms with van der Waals surface area (Å²) in [6.07, 6.45) is 7.80. The zero-order valence-electron chi connectivity index (χ0n) is 26.1. The minimum Gasteiger partial charge on any atom is -0.507 e. The predicted molar refractivity (Wildman–Crippen MR) is 155 cm³/mol. The van der Waals surface area contributed by atoms with Crippen LogP contribution in [-0.2, 0) is 25.7 Å². The zero-order valence-corrected chi connectivity index (χ0v) is 26.1. The highest BCUT2D eigenvalue weighted by Crippen LogP contribution is 2.73. The van der Waals surface area contributed by atoms with Gasteiger partial charge in [0.05, 0.1) is 16.4 Å². The number of phenols is 2. The second-order valence-electron chi connectivity index (χ2n) is 15.1. The van der Waals surface area contributed by atoms with E-state index in [-0.39, 0.29) is 36.0 Å². The van der Waals surface area contributed by atoms with Gasteiger partial charge in [-0.3, -0.25) is 9.59 Å². The van der Waals surface area contributed by atoms with Crippen molar-refractivity contribution in [2.24, 2.45) is 34.0 Å². The molecule has 0 amide bonds. The van der Waals surface area contributed by atoms with Gasteiger partial charge >= 0.3 is 11.9 Å². The number of hydrogen-bond acceptors (Lipinski definition) is 7. The fourth-order valence-corrected chi connectivity index (χ4v) is 10.1. The lowest BCUT2D eigenvalue weighted by molar-refractivity contribution is -0.224. The summed E-state index contributed by atoms with van der Waals surface area (Å²) in [5, 5.41) is 31.9. The smallest absolute Gasteiger partial charge is 0.312 e. The average Bonchev–Trinajstić information content (AvgIpc) is 3.44. The van der Waals surface area contributed by atoms with Gasteiger partial charge in [0.1, 0.15) is 23.7 Å². The molecule has 1 aromatic carbocycles. The molecule has 0 spiro atoms. The molecule has 228 valence electrons. The Labute approximate surface area is 245 Å². The molecule has 5 aliphatic rings. The second-order valence-corrected chi connectivity index (χ2v) is 15.1. The van der Waals surface area contributed by atoms with E-state index in [2.05, 4.69) is 20.8 Å². The summed E-state index contributed by atoms with van der Waals surface area (Å²) in [6, 6.07) is 1.65. The first-order chi connectivity index (χ1) is 19.1. The number of aliphatic hydroxyl groups is 1. The molecule has 6 rings (SSSR count). The van der Waals surface area contributed by atoms with Crippen molar-refractivity contribution in [1.82, 2.24) is 0 Å². The van der Waals surface area contributed by atoms with Crippen molar-refractivity contribution in [1.29, 1.82) is 0 Å². The van der Waals surface area contributed by atoms with E-state index in [1.165, 1.54) is 0 Å². The van der Waals surface area contributed by atoms with Crippen LogP contribution in [0.15, 0.2) is 6.07 Å². The third-order valence-corrected chi connectivity index (χ3v) is 11.9. The van der Waals surface area contributed by atoms with Crippen molar-refractivity contribution in [2.75, 3.05) is 0 Å². The number of rotatable bonds is 10. The molecule has 0 radical (unpaired) electrons. The van der Waals surface area contributed by atoms with Gasteiger partial charge in [-0.2, -0.15) is 0 Å².